The molecule has 9 nitrogen and oxygen atoms in total. The highest BCUT2D eigenvalue weighted by Gasteiger charge is 2.30. The number of amides is 1. The van der Waals surface area contributed by atoms with Gasteiger partial charge in [-0.3, -0.25) is 9.69 Å². The first kappa shape index (κ1) is 29.6. The normalized spacial score (nSPS) is 15.2. The number of hydrogen-bond donors (Lipinski definition) is 2. The van der Waals surface area contributed by atoms with E-state index in [0.717, 1.165) is 69.0 Å². The highest BCUT2D eigenvalue weighted by molar-refractivity contribution is 6.27. The lowest BCUT2D eigenvalue weighted by molar-refractivity contribution is -0.159. The summed E-state index contributed by atoms with van der Waals surface area (Å²) in [5.74, 6) is -1.66. The molecule has 0 bridgehead atoms. The maximum Gasteiger partial charge on any atom is 0.414 e. The first-order chi connectivity index (χ1) is 19.8. The number of likely N-dealkylation sites (tertiary alicyclic amines) is 1. The van der Waals surface area contributed by atoms with Crippen LogP contribution >= 0.6 is 0 Å². The van der Waals surface area contributed by atoms with Gasteiger partial charge < -0.3 is 24.6 Å². The van der Waals surface area contributed by atoms with Crippen LogP contribution in [0.25, 0.3) is 0 Å². The molecule has 3 aromatic rings. The smallest absolute Gasteiger partial charge is 0.414 e. The number of carboxylic acid groups (broad SMARTS) is 2. The zero-order chi connectivity index (χ0) is 29.2. The quantitative estimate of drug-likeness (QED) is 0.413. The molecule has 2 aliphatic heterocycles. The van der Waals surface area contributed by atoms with E-state index in [-0.39, 0.29) is 5.92 Å². The molecule has 0 atom stereocenters. The number of methoxy groups -OCH3 is 1. The number of fused-ring (bicyclic) bond motifs is 1. The van der Waals surface area contributed by atoms with Crippen molar-refractivity contribution in [3.63, 3.8) is 0 Å². The van der Waals surface area contributed by atoms with E-state index in [1.54, 1.807) is 7.11 Å². The van der Waals surface area contributed by atoms with E-state index in [1.165, 1.54) is 16.7 Å². The Hall–Kier alpha value is -4.37. The van der Waals surface area contributed by atoms with Crippen LogP contribution in [0.1, 0.15) is 35.1 Å². The van der Waals surface area contributed by atoms with Gasteiger partial charge in [-0.1, -0.05) is 60.7 Å². The van der Waals surface area contributed by atoms with Gasteiger partial charge >= 0.3 is 11.9 Å². The molecule has 2 aliphatic rings. The van der Waals surface area contributed by atoms with Gasteiger partial charge in [-0.25, -0.2) is 9.59 Å². The molecular formula is C32H36N2O7. The number of piperidine rings is 1. The van der Waals surface area contributed by atoms with Gasteiger partial charge in [0.1, 0.15) is 6.61 Å². The molecule has 2 N–H and O–H groups in total. The maximum atomic E-state index is 13.2. The van der Waals surface area contributed by atoms with E-state index in [9.17, 15) is 4.79 Å². The van der Waals surface area contributed by atoms with E-state index < -0.39 is 11.9 Å². The Morgan fingerprint density at radius 1 is 0.805 bits per heavy atom. The summed E-state index contributed by atoms with van der Waals surface area (Å²) < 4.78 is 11.6. The third-order valence-corrected chi connectivity index (χ3v) is 7.43. The number of nitrogens with zero attached hydrogens (tertiary/aromatic N) is 2. The molecule has 2 heterocycles. The van der Waals surface area contributed by atoms with Gasteiger partial charge in [0.25, 0.3) is 0 Å². The summed E-state index contributed by atoms with van der Waals surface area (Å²) in [5, 5.41) is 14.8. The molecule has 41 heavy (non-hydrogen) atoms. The number of hydrogen-bond acceptors (Lipinski definition) is 6. The Balaban J connectivity index is 0.000000585. The molecule has 0 unspecified atom stereocenters. The fraction of sp³-hybridized carbons (Fsp3) is 0.344. The predicted octanol–water partition coefficient (Wildman–Crippen LogP) is 4.23. The molecule has 1 fully saturated rings. The minimum atomic E-state index is -1.82. The predicted molar refractivity (Wildman–Crippen MR) is 153 cm³/mol. The first-order valence-electron chi connectivity index (χ1n) is 13.7. The minimum absolute atomic E-state index is 0.139. The van der Waals surface area contributed by atoms with Crippen LogP contribution in [0.5, 0.6) is 11.5 Å². The molecule has 9 heteroatoms. The molecule has 3 aromatic carbocycles. The van der Waals surface area contributed by atoms with Crippen LogP contribution in [-0.2, 0) is 40.5 Å². The second-order valence-electron chi connectivity index (χ2n) is 10.2. The largest absolute Gasteiger partial charge is 0.493 e. The lowest BCUT2D eigenvalue weighted by atomic mass is 9.93. The number of carbonyl (C=O) groups excluding carboxylic acids is 1. The summed E-state index contributed by atoms with van der Waals surface area (Å²) in [6, 6.07) is 24.8. The Morgan fingerprint density at radius 3 is 2.12 bits per heavy atom. The average Bonchev–Trinajstić information content (AvgIpc) is 3.01. The highest BCUT2D eigenvalue weighted by Crippen LogP contribution is 2.30. The highest BCUT2D eigenvalue weighted by atomic mass is 16.5. The van der Waals surface area contributed by atoms with Gasteiger partial charge in [0.15, 0.2) is 11.5 Å². The monoisotopic (exact) mass is 560 g/mol. The minimum Gasteiger partial charge on any atom is -0.493 e. The Morgan fingerprint density at radius 2 is 1.46 bits per heavy atom. The second kappa shape index (κ2) is 14.3. The van der Waals surface area contributed by atoms with Crippen molar-refractivity contribution in [1.82, 2.24) is 9.80 Å². The summed E-state index contributed by atoms with van der Waals surface area (Å²) in [6.45, 7) is 4.85. The molecule has 216 valence electrons. The number of carboxylic acids is 2. The van der Waals surface area contributed by atoms with Crippen LogP contribution < -0.4 is 9.47 Å². The molecular weight excluding hydrogens is 524 g/mol. The number of carbonyl (C=O) groups is 3. The van der Waals surface area contributed by atoms with E-state index >= 15 is 0 Å². The molecule has 5 rings (SSSR count). The van der Waals surface area contributed by atoms with Crippen molar-refractivity contribution in [2.75, 3.05) is 26.7 Å². The average molecular weight is 561 g/mol. The standard InChI is InChI=1S/C30H34N2O3.C2H2O4/c1-34-29-19-24(11-12-28(29)35-22-23-7-3-2-4-8-23)20-31-16-13-26(14-17-31)30(33)32-18-15-25-9-5-6-10-27(25)21-32;3-1(4)2(5)6/h2-12,19,26H,13-18,20-22H2,1H3;(H,3,4)(H,5,6). The van der Waals surface area contributed by atoms with Gasteiger partial charge in [0, 0.05) is 25.6 Å². The summed E-state index contributed by atoms with van der Waals surface area (Å²) in [5.41, 5.74) is 5.02. The molecule has 0 aromatic heterocycles. The second-order valence-corrected chi connectivity index (χ2v) is 10.2. The summed E-state index contributed by atoms with van der Waals surface area (Å²) in [6.07, 6.45) is 2.81. The fourth-order valence-corrected chi connectivity index (χ4v) is 5.20. The van der Waals surface area contributed by atoms with E-state index in [0.29, 0.717) is 12.5 Å². The third-order valence-electron chi connectivity index (χ3n) is 7.43. The number of benzene rings is 3. The molecule has 1 saturated heterocycles. The first-order valence-corrected chi connectivity index (χ1v) is 13.7. The van der Waals surface area contributed by atoms with Gasteiger partial charge in [-0.15, -0.1) is 0 Å². The maximum absolute atomic E-state index is 13.2. The van der Waals surface area contributed by atoms with Crippen molar-refractivity contribution >= 4 is 17.8 Å². The molecule has 0 radical (unpaired) electrons. The molecule has 1 amide bonds. The van der Waals surface area contributed by atoms with Crippen molar-refractivity contribution in [3.8, 4) is 11.5 Å². The number of ether oxygens (including phenoxy) is 2. The van der Waals surface area contributed by atoms with Crippen LogP contribution in [0, 0.1) is 5.92 Å². The summed E-state index contributed by atoms with van der Waals surface area (Å²) in [4.78, 5) is 35.9. The SMILES string of the molecule is COc1cc(CN2CCC(C(=O)N3CCc4ccccc4C3)CC2)ccc1OCc1ccccc1.O=C(O)C(=O)O. The van der Waals surface area contributed by atoms with Crippen molar-refractivity contribution in [1.29, 1.82) is 0 Å². The van der Waals surface area contributed by atoms with Crippen molar-refractivity contribution in [3.05, 3.63) is 95.1 Å². The van der Waals surface area contributed by atoms with Gasteiger partial charge in [0.2, 0.25) is 5.91 Å². The van der Waals surface area contributed by atoms with Crippen LogP contribution in [0.4, 0.5) is 0 Å². The Kier molecular flexibility index (Phi) is 10.3. The molecule has 0 aliphatic carbocycles. The lowest BCUT2D eigenvalue weighted by Crippen LogP contribution is -2.44. The van der Waals surface area contributed by atoms with Crippen LogP contribution in [-0.4, -0.2) is 64.6 Å². The fourth-order valence-electron chi connectivity index (χ4n) is 5.20. The van der Waals surface area contributed by atoms with Crippen molar-refractivity contribution < 1.29 is 34.1 Å². The number of aliphatic carboxylic acids is 2. The van der Waals surface area contributed by atoms with Crippen molar-refractivity contribution in [2.24, 2.45) is 5.92 Å². The molecule has 0 spiro atoms. The third kappa shape index (κ3) is 8.31. The topological polar surface area (TPSA) is 117 Å². The lowest BCUT2D eigenvalue weighted by Gasteiger charge is -2.36. The van der Waals surface area contributed by atoms with E-state index in [1.807, 2.05) is 24.3 Å². The van der Waals surface area contributed by atoms with Gasteiger partial charge in [0.05, 0.1) is 7.11 Å². The van der Waals surface area contributed by atoms with Crippen LogP contribution in [0.2, 0.25) is 0 Å². The zero-order valence-corrected chi connectivity index (χ0v) is 23.2. The van der Waals surface area contributed by atoms with Crippen LogP contribution in [0.3, 0.4) is 0 Å². The van der Waals surface area contributed by atoms with Gasteiger partial charge in [-0.05, 0) is 66.7 Å². The number of rotatable bonds is 7. The summed E-state index contributed by atoms with van der Waals surface area (Å²) >= 11 is 0. The Bertz CT molecular complexity index is 1320. The summed E-state index contributed by atoms with van der Waals surface area (Å²) in [7, 11) is 1.69. The van der Waals surface area contributed by atoms with Crippen LogP contribution in [0.15, 0.2) is 72.8 Å². The Labute approximate surface area is 239 Å². The zero-order valence-electron chi connectivity index (χ0n) is 23.2. The molecule has 0 saturated carbocycles. The van der Waals surface area contributed by atoms with E-state index in [2.05, 4.69) is 58.3 Å². The van der Waals surface area contributed by atoms with E-state index in [4.69, 9.17) is 29.3 Å². The van der Waals surface area contributed by atoms with Gasteiger partial charge in [-0.2, -0.15) is 0 Å². The van der Waals surface area contributed by atoms with Crippen molar-refractivity contribution in [2.45, 2.75) is 39.0 Å².